The lowest BCUT2D eigenvalue weighted by Crippen LogP contribution is -2.44. The molecule has 124 valence electrons. The fraction of sp³-hybridized carbons (Fsp3) is 0.467. The van der Waals surface area contributed by atoms with Gasteiger partial charge in [0.2, 0.25) is 15.9 Å². The molecular weight excluding hydrogens is 321 g/mol. The predicted molar refractivity (Wildman–Crippen MR) is 80.6 cm³/mol. The number of rotatable bonds is 4. The van der Waals surface area contributed by atoms with Crippen molar-refractivity contribution in [1.82, 2.24) is 14.9 Å². The quantitative estimate of drug-likeness (QED) is 0.925. The van der Waals surface area contributed by atoms with Gasteiger partial charge in [0.05, 0.1) is 5.54 Å². The van der Waals surface area contributed by atoms with Gasteiger partial charge in [-0.1, -0.05) is 24.1 Å². The van der Waals surface area contributed by atoms with Crippen molar-refractivity contribution in [2.45, 2.75) is 50.0 Å². The van der Waals surface area contributed by atoms with Gasteiger partial charge in [-0.15, -0.1) is 0 Å². The van der Waals surface area contributed by atoms with E-state index in [0.29, 0.717) is 30.1 Å². The summed E-state index contributed by atoms with van der Waals surface area (Å²) >= 11 is 0. The van der Waals surface area contributed by atoms with E-state index >= 15 is 0 Å². The maximum atomic E-state index is 14.0. The van der Waals surface area contributed by atoms with Crippen LogP contribution in [0.1, 0.15) is 43.0 Å². The molecule has 1 aromatic heterocycles. The summed E-state index contributed by atoms with van der Waals surface area (Å²) < 4.78 is 47.0. The van der Waals surface area contributed by atoms with Crippen molar-refractivity contribution in [2.24, 2.45) is 0 Å². The van der Waals surface area contributed by atoms with Crippen molar-refractivity contribution in [3.05, 3.63) is 41.3 Å². The molecule has 0 bridgehead atoms. The lowest BCUT2D eigenvalue weighted by molar-refractivity contribution is 0.337. The maximum Gasteiger partial charge on any atom is 0.244 e. The van der Waals surface area contributed by atoms with Crippen molar-refractivity contribution in [2.75, 3.05) is 0 Å². The summed E-state index contributed by atoms with van der Waals surface area (Å²) in [6.07, 6.45) is 2.79. The molecular formula is C15H18FN3O3S. The number of benzene rings is 1. The Morgan fingerprint density at radius 1 is 1.26 bits per heavy atom. The van der Waals surface area contributed by atoms with Gasteiger partial charge in [-0.25, -0.2) is 12.8 Å². The molecule has 23 heavy (non-hydrogen) atoms. The van der Waals surface area contributed by atoms with Crippen molar-refractivity contribution in [1.29, 1.82) is 0 Å². The average Bonchev–Trinajstić information content (AvgIpc) is 3.11. The predicted octanol–water partition coefficient (Wildman–Crippen LogP) is 2.57. The Hall–Kier alpha value is -1.80. The van der Waals surface area contributed by atoms with Gasteiger partial charge in [0.15, 0.2) is 5.82 Å². The molecule has 3 rings (SSSR count). The fourth-order valence-corrected chi connectivity index (χ4v) is 4.56. The third kappa shape index (κ3) is 3.00. The lowest BCUT2D eigenvalue weighted by atomic mass is 9.98. The van der Waals surface area contributed by atoms with Crippen LogP contribution in [0.3, 0.4) is 0 Å². The van der Waals surface area contributed by atoms with E-state index < -0.39 is 21.4 Å². The summed E-state index contributed by atoms with van der Waals surface area (Å²) in [5.41, 5.74) is -0.269. The smallest absolute Gasteiger partial charge is 0.244 e. The standard InChI is InChI=1S/C15H18FN3O3S/c1-10-5-6-12(16)13(9-10)23(20,21)19-15(7-3-4-8-15)14-17-11(2)22-18-14/h5-6,9,19H,3-4,7-8H2,1-2H3. The number of aromatic nitrogens is 2. The number of hydrogen-bond acceptors (Lipinski definition) is 5. The van der Waals surface area contributed by atoms with E-state index in [1.54, 1.807) is 13.8 Å². The monoisotopic (exact) mass is 339 g/mol. The van der Waals surface area contributed by atoms with Crippen LogP contribution in [0.2, 0.25) is 0 Å². The molecule has 0 saturated heterocycles. The topological polar surface area (TPSA) is 85.1 Å². The molecule has 0 unspecified atom stereocenters. The van der Waals surface area contributed by atoms with Crippen LogP contribution in [-0.4, -0.2) is 18.6 Å². The molecule has 0 spiro atoms. The highest BCUT2D eigenvalue weighted by molar-refractivity contribution is 7.89. The molecule has 1 aromatic carbocycles. The zero-order valence-corrected chi connectivity index (χ0v) is 13.8. The Labute approximate surface area is 134 Å². The normalized spacial score (nSPS) is 17.5. The summed E-state index contributed by atoms with van der Waals surface area (Å²) in [4.78, 5) is 3.83. The Balaban J connectivity index is 2.01. The molecule has 2 aromatic rings. The van der Waals surface area contributed by atoms with E-state index in [-0.39, 0.29) is 4.90 Å². The summed E-state index contributed by atoms with van der Waals surface area (Å²) in [7, 11) is -4.04. The van der Waals surface area contributed by atoms with E-state index in [4.69, 9.17) is 4.52 Å². The minimum atomic E-state index is -4.04. The summed E-state index contributed by atoms with van der Waals surface area (Å²) in [6, 6.07) is 4.01. The second-order valence-electron chi connectivity index (χ2n) is 5.97. The molecule has 0 atom stereocenters. The molecule has 0 radical (unpaired) electrons. The molecule has 1 N–H and O–H groups in total. The van der Waals surface area contributed by atoms with Crippen molar-refractivity contribution < 1.29 is 17.3 Å². The van der Waals surface area contributed by atoms with Gasteiger partial charge in [-0.3, -0.25) is 0 Å². The van der Waals surface area contributed by atoms with Gasteiger partial charge >= 0.3 is 0 Å². The second kappa shape index (κ2) is 5.68. The minimum Gasteiger partial charge on any atom is -0.340 e. The Morgan fingerprint density at radius 3 is 2.57 bits per heavy atom. The second-order valence-corrected chi connectivity index (χ2v) is 7.62. The van der Waals surface area contributed by atoms with Crippen LogP contribution >= 0.6 is 0 Å². The van der Waals surface area contributed by atoms with Gasteiger partial charge < -0.3 is 4.52 Å². The third-order valence-electron chi connectivity index (χ3n) is 4.12. The van der Waals surface area contributed by atoms with Gasteiger partial charge in [-0.2, -0.15) is 9.71 Å². The van der Waals surface area contributed by atoms with Crippen LogP contribution in [0, 0.1) is 19.7 Å². The fourth-order valence-electron chi connectivity index (χ4n) is 2.97. The van der Waals surface area contributed by atoms with Crippen molar-refractivity contribution >= 4 is 10.0 Å². The third-order valence-corrected chi connectivity index (χ3v) is 5.67. The van der Waals surface area contributed by atoms with E-state index in [9.17, 15) is 12.8 Å². The van der Waals surface area contributed by atoms with Crippen molar-refractivity contribution in [3.8, 4) is 0 Å². The number of sulfonamides is 1. The molecule has 1 saturated carbocycles. The summed E-state index contributed by atoms with van der Waals surface area (Å²) in [5.74, 6) is -0.100. The van der Waals surface area contributed by atoms with Crippen LogP contribution in [0.5, 0.6) is 0 Å². The highest BCUT2D eigenvalue weighted by Gasteiger charge is 2.43. The zero-order chi connectivity index (χ0) is 16.7. The first-order valence-electron chi connectivity index (χ1n) is 7.43. The first-order valence-corrected chi connectivity index (χ1v) is 8.92. The molecule has 0 aliphatic heterocycles. The van der Waals surface area contributed by atoms with Gasteiger partial charge in [0, 0.05) is 6.92 Å². The van der Waals surface area contributed by atoms with Crippen molar-refractivity contribution in [3.63, 3.8) is 0 Å². The Kier molecular flexibility index (Phi) is 3.97. The van der Waals surface area contributed by atoms with Gasteiger partial charge in [-0.05, 0) is 37.5 Å². The van der Waals surface area contributed by atoms with E-state index in [1.807, 2.05) is 0 Å². The summed E-state index contributed by atoms with van der Waals surface area (Å²) in [6.45, 7) is 3.36. The van der Waals surface area contributed by atoms with E-state index in [0.717, 1.165) is 18.9 Å². The van der Waals surface area contributed by atoms with Crippen LogP contribution in [0.4, 0.5) is 4.39 Å². The van der Waals surface area contributed by atoms with Crippen LogP contribution in [-0.2, 0) is 15.6 Å². The Morgan fingerprint density at radius 2 is 1.96 bits per heavy atom. The van der Waals surface area contributed by atoms with Crippen LogP contribution in [0.15, 0.2) is 27.6 Å². The first-order chi connectivity index (χ1) is 10.8. The minimum absolute atomic E-state index is 0.309. The Bertz CT molecular complexity index is 826. The number of nitrogens with one attached hydrogen (secondary N) is 1. The van der Waals surface area contributed by atoms with Crippen LogP contribution < -0.4 is 4.72 Å². The number of hydrogen-bond donors (Lipinski definition) is 1. The lowest BCUT2D eigenvalue weighted by Gasteiger charge is -2.26. The highest BCUT2D eigenvalue weighted by Crippen LogP contribution is 2.38. The maximum absolute atomic E-state index is 14.0. The molecule has 1 aliphatic carbocycles. The molecule has 6 nitrogen and oxygen atoms in total. The van der Waals surface area contributed by atoms with Crippen LogP contribution in [0.25, 0.3) is 0 Å². The number of halogens is 1. The average molecular weight is 339 g/mol. The number of aryl methyl sites for hydroxylation is 2. The molecule has 1 aliphatic rings. The zero-order valence-electron chi connectivity index (χ0n) is 13.0. The first kappa shape index (κ1) is 16.1. The van der Waals surface area contributed by atoms with Gasteiger partial charge in [0.25, 0.3) is 0 Å². The molecule has 0 amide bonds. The summed E-state index contributed by atoms with van der Waals surface area (Å²) in [5, 5.41) is 3.88. The van der Waals surface area contributed by atoms with E-state index in [2.05, 4.69) is 14.9 Å². The number of nitrogens with zero attached hydrogens (tertiary/aromatic N) is 2. The SMILES string of the molecule is Cc1ccc(F)c(S(=O)(=O)NC2(c3noc(C)n3)CCCC2)c1. The molecule has 8 heteroatoms. The van der Waals surface area contributed by atoms with Gasteiger partial charge in [0.1, 0.15) is 10.7 Å². The highest BCUT2D eigenvalue weighted by atomic mass is 32.2. The molecule has 1 fully saturated rings. The molecule has 1 heterocycles. The van der Waals surface area contributed by atoms with E-state index in [1.165, 1.54) is 12.1 Å². The largest absolute Gasteiger partial charge is 0.340 e.